The first-order chi connectivity index (χ1) is 11.0. The average Bonchev–Trinajstić information content (AvgIpc) is 2.89. The molecule has 0 aliphatic rings. The van der Waals surface area contributed by atoms with E-state index in [2.05, 4.69) is 54.5 Å². The largest absolute Gasteiger partial charge is 0.355 e. The van der Waals surface area contributed by atoms with Gasteiger partial charge in [0, 0.05) is 6.54 Å². The van der Waals surface area contributed by atoms with Gasteiger partial charge in [0.1, 0.15) is 5.82 Å². The Labute approximate surface area is 141 Å². The molecule has 0 fully saturated rings. The second-order valence-electron chi connectivity index (χ2n) is 5.65. The summed E-state index contributed by atoms with van der Waals surface area (Å²) < 4.78 is 2.02. The summed E-state index contributed by atoms with van der Waals surface area (Å²) in [5, 5.41) is 12.1. The molecule has 2 aromatic rings. The number of thioether (sulfide) groups is 1. The topological polar surface area (TPSA) is 59.8 Å². The third-order valence-electron chi connectivity index (χ3n) is 3.59. The first kappa shape index (κ1) is 17.5. The minimum Gasteiger partial charge on any atom is -0.355 e. The SMILES string of the molecule is CCCCNC(=O)CSc1nnc(C)n1-c1cc(C)ccc1C. The highest BCUT2D eigenvalue weighted by Crippen LogP contribution is 2.24. The molecule has 0 aliphatic carbocycles. The highest BCUT2D eigenvalue weighted by molar-refractivity contribution is 7.99. The van der Waals surface area contributed by atoms with E-state index in [0.29, 0.717) is 5.75 Å². The number of rotatable bonds is 7. The Morgan fingerprint density at radius 1 is 1.26 bits per heavy atom. The van der Waals surface area contributed by atoms with Crippen molar-refractivity contribution in [1.82, 2.24) is 20.1 Å². The molecule has 0 radical (unpaired) electrons. The van der Waals surface area contributed by atoms with Gasteiger partial charge in [-0.15, -0.1) is 10.2 Å². The molecule has 6 heteroatoms. The molecule has 1 heterocycles. The number of aryl methyl sites for hydroxylation is 3. The van der Waals surface area contributed by atoms with Gasteiger partial charge >= 0.3 is 0 Å². The Bertz CT molecular complexity index is 681. The van der Waals surface area contributed by atoms with Crippen LogP contribution in [0.3, 0.4) is 0 Å². The summed E-state index contributed by atoms with van der Waals surface area (Å²) in [6.45, 7) is 8.91. The van der Waals surface area contributed by atoms with Crippen LogP contribution in [-0.2, 0) is 4.79 Å². The summed E-state index contributed by atoms with van der Waals surface area (Å²) in [7, 11) is 0. The van der Waals surface area contributed by atoms with E-state index in [4.69, 9.17) is 0 Å². The highest BCUT2D eigenvalue weighted by atomic mass is 32.2. The quantitative estimate of drug-likeness (QED) is 0.625. The normalized spacial score (nSPS) is 10.8. The Morgan fingerprint density at radius 2 is 2.04 bits per heavy atom. The fourth-order valence-electron chi connectivity index (χ4n) is 2.26. The van der Waals surface area contributed by atoms with E-state index in [1.165, 1.54) is 17.3 Å². The van der Waals surface area contributed by atoms with Crippen molar-refractivity contribution in [2.45, 2.75) is 45.7 Å². The lowest BCUT2D eigenvalue weighted by molar-refractivity contribution is -0.118. The number of carbonyl (C=O) groups excluding carboxylic acids is 1. The molecule has 0 saturated heterocycles. The minimum absolute atomic E-state index is 0.0385. The van der Waals surface area contributed by atoms with E-state index in [0.717, 1.165) is 41.6 Å². The second-order valence-corrected chi connectivity index (χ2v) is 6.59. The van der Waals surface area contributed by atoms with Gasteiger partial charge in [0.15, 0.2) is 5.16 Å². The first-order valence-corrected chi connectivity index (χ1v) is 8.90. The molecule has 1 amide bonds. The van der Waals surface area contributed by atoms with Gasteiger partial charge < -0.3 is 5.32 Å². The number of benzene rings is 1. The lowest BCUT2D eigenvalue weighted by Crippen LogP contribution is -2.26. The molecule has 0 atom stereocenters. The Kier molecular flexibility index (Phi) is 6.21. The number of aromatic nitrogens is 3. The van der Waals surface area contributed by atoms with E-state index in [-0.39, 0.29) is 5.91 Å². The molecule has 0 unspecified atom stereocenters. The fourth-order valence-corrected chi connectivity index (χ4v) is 3.08. The molecule has 1 aromatic heterocycles. The van der Waals surface area contributed by atoms with E-state index >= 15 is 0 Å². The van der Waals surface area contributed by atoms with Gasteiger partial charge in [0.05, 0.1) is 11.4 Å². The van der Waals surface area contributed by atoms with Crippen molar-refractivity contribution >= 4 is 17.7 Å². The molecule has 0 bridgehead atoms. The van der Waals surface area contributed by atoms with E-state index in [9.17, 15) is 4.79 Å². The van der Waals surface area contributed by atoms with Gasteiger partial charge in [-0.1, -0.05) is 37.2 Å². The number of amides is 1. The molecule has 1 aromatic carbocycles. The number of unbranched alkanes of at least 4 members (excludes halogenated alkanes) is 1. The smallest absolute Gasteiger partial charge is 0.230 e. The van der Waals surface area contributed by atoms with E-state index in [1.807, 2.05) is 11.5 Å². The minimum atomic E-state index is 0.0385. The summed E-state index contributed by atoms with van der Waals surface area (Å²) in [4.78, 5) is 11.9. The zero-order valence-electron chi connectivity index (χ0n) is 14.2. The Hall–Kier alpha value is -1.82. The summed E-state index contributed by atoms with van der Waals surface area (Å²) >= 11 is 1.42. The van der Waals surface area contributed by atoms with Crippen LogP contribution in [0.1, 0.15) is 36.7 Å². The van der Waals surface area contributed by atoms with Crippen LogP contribution in [0.4, 0.5) is 0 Å². The molecule has 124 valence electrons. The second kappa shape index (κ2) is 8.15. The maximum absolute atomic E-state index is 11.9. The van der Waals surface area contributed by atoms with Crippen molar-refractivity contribution < 1.29 is 4.79 Å². The monoisotopic (exact) mass is 332 g/mol. The van der Waals surface area contributed by atoms with Crippen LogP contribution in [-0.4, -0.2) is 33.0 Å². The van der Waals surface area contributed by atoms with Crippen molar-refractivity contribution in [3.05, 3.63) is 35.2 Å². The van der Waals surface area contributed by atoms with Crippen molar-refractivity contribution in [3.8, 4) is 5.69 Å². The number of nitrogens with one attached hydrogen (secondary N) is 1. The van der Waals surface area contributed by atoms with Crippen LogP contribution in [0, 0.1) is 20.8 Å². The summed E-state index contributed by atoms with van der Waals surface area (Å²) in [5.41, 5.74) is 3.42. The standard InChI is InChI=1S/C17H24N4OS/c1-5-6-9-18-16(22)11-23-17-20-19-14(4)21(17)15-10-12(2)7-8-13(15)3/h7-8,10H,5-6,9,11H2,1-4H3,(H,18,22). The van der Waals surface area contributed by atoms with E-state index in [1.54, 1.807) is 0 Å². The number of hydrogen-bond acceptors (Lipinski definition) is 4. The average molecular weight is 332 g/mol. The molecule has 2 rings (SSSR count). The Morgan fingerprint density at radius 3 is 2.78 bits per heavy atom. The third-order valence-corrected chi connectivity index (χ3v) is 4.51. The van der Waals surface area contributed by atoms with Gasteiger partial charge in [-0.25, -0.2) is 0 Å². The molecular weight excluding hydrogens is 308 g/mol. The predicted molar refractivity (Wildman–Crippen MR) is 94.2 cm³/mol. The zero-order chi connectivity index (χ0) is 16.8. The molecule has 0 spiro atoms. The van der Waals surface area contributed by atoms with Crippen LogP contribution in [0.5, 0.6) is 0 Å². The van der Waals surface area contributed by atoms with Gasteiger partial charge in [-0.05, 0) is 44.4 Å². The van der Waals surface area contributed by atoms with Crippen molar-refractivity contribution in [2.75, 3.05) is 12.3 Å². The van der Waals surface area contributed by atoms with Gasteiger partial charge in [-0.3, -0.25) is 9.36 Å². The van der Waals surface area contributed by atoms with Gasteiger partial charge in [0.25, 0.3) is 0 Å². The fraction of sp³-hybridized carbons (Fsp3) is 0.471. The predicted octanol–water partition coefficient (Wildman–Crippen LogP) is 3.20. The van der Waals surface area contributed by atoms with Crippen LogP contribution < -0.4 is 5.32 Å². The highest BCUT2D eigenvalue weighted by Gasteiger charge is 2.14. The molecule has 5 nitrogen and oxygen atoms in total. The number of carbonyl (C=O) groups is 1. The van der Waals surface area contributed by atoms with Gasteiger partial charge in [-0.2, -0.15) is 0 Å². The van der Waals surface area contributed by atoms with Crippen molar-refractivity contribution in [1.29, 1.82) is 0 Å². The number of hydrogen-bond donors (Lipinski definition) is 1. The summed E-state index contributed by atoms with van der Waals surface area (Å²) in [5.74, 6) is 1.22. The lowest BCUT2D eigenvalue weighted by atomic mass is 10.1. The third kappa shape index (κ3) is 4.58. The Balaban J connectivity index is 2.13. The van der Waals surface area contributed by atoms with Crippen LogP contribution in [0.2, 0.25) is 0 Å². The van der Waals surface area contributed by atoms with Crippen molar-refractivity contribution in [3.63, 3.8) is 0 Å². The van der Waals surface area contributed by atoms with Crippen LogP contribution >= 0.6 is 11.8 Å². The molecule has 0 saturated carbocycles. The van der Waals surface area contributed by atoms with Crippen LogP contribution in [0.25, 0.3) is 5.69 Å². The number of nitrogens with zero attached hydrogens (tertiary/aromatic N) is 3. The maximum Gasteiger partial charge on any atom is 0.230 e. The summed E-state index contributed by atoms with van der Waals surface area (Å²) in [6.07, 6.45) is 2.09. The first-order valence-electron chi connectivity index (χ1n) is 7.92. The van der Waals surface area contributed by atoms with Crippen molar-refractivity contribution in [2.24, 2.45) is 0 Å². The van der Waals surface area contributed by atoms with Gasteiger partial charge in [0.2, 0.25) is 5.91 Å². The van der Waals surface area contributed by atoms with E-state index < -0.39 is 0 Å². The lowest BCUT2D eigenvalue weighted by Gasteiger charge is -2.12. The molecular formula is C17H24N4OS. The molecule has 23 heavy (non-hydrogen) atoms. The zero-order valence-corrected chi connectivity index (χ0v) is 15.0. The molecule has 0 aliphatic heterocycles. The maximum atomic E-state index is 11.9. The van der Waals surface area contributed by atoms with Crippen LogP contribution in [0.15, 0.2) is 23.4 Å². The molecule has 1 N–H and O–H groups in total. The summed E-state index contributed by atoms with van der Waals surface area (Å²) in [6, 6.07) is 6.31.